The maximum absolute atomic E-state index is 5.12. The molecule has 0 amide bonds. The van der Waals surface area contributed by atoms with Crippen molar-refractivity contribution >= 4 is 11.3 Å². The van der Waals surface area contributed by atoms with E-state index in [0.29, 0.717) is 19.8 Å². The number of nitrogens with one attached hydrogen (secondary N) is 1. The van der Waals surface area contributed by atoms with Gasteiger partial charge in [-0.2, -0.15) is 5.48 Å². The van der Waals surface area contributed by atoms with Crippen molar-refractivity contribution < 1.29 is 9.57 Å². The Bertz CT molecular complexity index is 256. The first-order chi connectivity index (χ1) is 6.74. The molecule has 0 spiro atoms. The minimum atomic E-state index is 0.555. The van der Waals surface area contributed by atoms with Crippen LogP contribution in [0.2, 0.25) is 0 Å². The Kier molecular flexibility index (Phi) is 5.03. The molecule has 4 nitrogen and oxygen atoms in total. The molecule has 0 saturated carbocycles. The maximum atomic E-state index is 5.12. The van der Waals surface area contributed by atoms with E-state index in [1.807, 2.05) is 6.92 Å². The number of thiazole rings is 1. The fraction of sp³-hybridized carbons (Fsp3) is 0.667. The van der Waals surface area contributed by atoms with Gasteiger partial charge in [0.25, 0.3) is 0 Å². The van der Waals surface area contributed by atoms with Crippen molar-refractivity contribution in [2.75, 3.05) is 20.3 Å². The van der Waals surface area contributed by atoms with Gasteiger partial charge in [-0.1, -0.05) is 0 Å². The number of methoxy groups -OCH3 is 1. The Balaban J connectivity index is 2.18. The molecule has 0 fully saturated rings. The number of hydrogen-bond acceptors (Lipinski definition) is 5. The molecule has 0 radical (unpaired) electrons. The Hall–Kier alpha value is -0.490. The van der Waals surface area contributed by atoms with Gasteiger partial charge in [0.15, 0.2) is 0 Å². The van der Waals surface area contributed by atoms with Gasteiger partial charge in [0.1, 0.15) is 5.01 Å². The molecule has 0 unspecified atom stereocenters. The Morgan fingerprint density at radius 2 is 2.14 bits per heavy atom. The number of aryl methyl sites for hydroxylation is 2. The van der Waals surface area contributed by atoms with Crippen LogP contribution in [0.4, 0.5) is 0 Å². The Morgan fingerprint density at radius 1 is 1.36 bits per heavy atom. The van der Waals surface area contributed by atoms with Crippen molar-refractivity contribution in [3.63, 3.8) is 0 Å². The van der Waals surface area contributed by atoms with Crippen LogP contribution in [-0.2, 0) is 16.1 Å². The van der Waals surface area contributed by atoms with E-state index in [-0.39, 0.29) is 0 Å². The van der Waals surface area contributed by atoms with Crippen molar-refractivity contribution in [1.29, 1.82) is 0 Å². The second-order valence-corrected chi connectivity index (χ2v) is 4.20. The summed E-state index contributed by atoms with van der Waals surface area (Å²) in [5, 5.41) is 1.05. The summed E-state index contributed by atoms with van der Waals surface area (Å²) in [7, 11) is 1.65. The Morgan fingerprint density at radius 3 is 2.71 bits per heavy atom. The molecule has 0 aliphatic heterocycles. The highest BCUT2D eigenvalue weighted by Crippen LogP contribution is 2.15. The van der Waals surface area contributed by atoms with Crippen LogP contribution in [0.5, 0.6) is 0 Å². The normalized spacial score (nSPS) is 10.8. The van der Waals surface area contributed by atoms with Crippen molar-refractivity contribution in [2.24, 2.45) is 0 Å². The van der Waals surface area contributed by atoms with Gasteiger partial charge < -0.3 is 4.74 Å². The number of rotatable bonds is 6. The summed E-state index contributed by atoms with van der Waals surface area (Å²) in [6.45, 7) is 5.90. The molecular formula is C9H16N2O2S. The van der Waals surface area contributed by atoms with E-state index in [2.05, 4.69) is 17.4 Å². The molecule has 5 heteroatoms. The molecule has 0 saturated heterocycles. The zero-order valence-electron chi connectivity index (χ0n) is 8.79. The molecule has 0 aliphatic carbocycles. The van der Waals surface area contributed by atoms with Crippen molar-refractivity contribution in [3.8, 4) is 0 Å². The first-order valence-electron chi connectivity index (χ1n) is 4.50. The highest BCUT2D eigenvalue weighted by atomic mass is 32.1. The van der Waals surface area contributed by atoms with Gasteiger partial charge in [0.05, 0.1) is 25.5 Å². The average molecular weight is 216 g/mol. The first kappa shape index (κ1) is 11.6. The van der Waals surface area contributed by atoms with Crippen LogP contribution in [0.3, 0.4) is 0 Å². The Labute approximate surface area is 88.2 Å². The molecule has 1 N–H and O–H groups in total. The molecule has 14 heavy (non-hydrogen) atoms. The molecular weight excluding hydrogens is 200 g/mol. The van der Waals surface area contributed by atoms with Crippen LogP contribution in [0.15, 0.2) is 0 Å². The lowest BCUT2D eigenvalue weighted by Crippen LogP contribution is -2.16. The lowest BCUT2D eigenvalue weighted by atomic mass is 10.4. The largest absolute Gasteiger partial charge is 0.382 e. The molecule has 0 bridgehead atoms. The summed E-state index contributed by atoms with van der Waals surface area (Å²) in [6.07, 6.45) is 0. The molecule has 1 rings (SSSR count). The topological polar surface area (TPSA) is 43.4 Å². The zero-order valence-corrected chi connectivity index (χ0v) is 9.61. The molecule has 1 aromatic rings. The standard InChI is InChI=1S/C9H16N2O2S/c1-7-8(2)14-9(11-7)6-10-13-5-4-12-3/h10H,4-6H2,1-3H3. The van der Waals surface area contributed by atoms with Crippen LogP contribution in [0.1, 0.15) is 15.6 Å². The lowest BCUT2D eigenvalue weighted by Gasteiger charge is -2.02. The third kappa shape index (κ3) is 3.71. The zero-order chi connectivity index (χ0) is 10.4. The van der Waals surface area contributed by atoms with Crippen LogP contribution in [0, 0.1) is 13.8 Å². The van der Waals surface area contributed by atoms with Crippen LogP contribution >= 0.6 is 11.3 Å². The van der Waals surface area contributed by atoms with Crippen molar-refractivity contribution in [2.45, 2.75) is 20.4 Å². The van der Waals surface area contributed by atoms with Crippen LogP contribution in [-0.4, -0.2) is 25.3 Å². The highest BCUT2D eigenvalue weighted by Gasteiger charge is 2.02. The predicted molar refractivity (Wildman–Crippen MR) is 56.3 cm³/mol. The van der Waals surface area contributed by atoms with Crippen LogP contribution < -0.4 is 5.48 Å². The molecule has 80 valence electrons. The lowest BCUT2D eigenvalue weighted by molar-refractivity contribution is 0.00343. The molecule has 0 atom stereocenters. The number of aromatic nitrogens is 1. The third-order valence-electron chi connectivity index (χ3n) is 1.79. The summed E-state index contributed by atoms with van der Waals surface area (Å²) in [5.74, 6) is 0. The van der Waals surface area contributed by atoms with E-state index in [1.54, 1.807) is 18.4 Å². The SMILES string of the molecule is COCCONCc1nc(C)c(C)s1. The van der Waals surface area contributed by atoms with E-state index in [1.165, 1.54) is 4.88 Å². The minimum Gasteiger partial charge on any atom is -0.382 e. The van der Waals surface area contributed by atoms with E-state index in [4.69, 9.17) is 9.57 Å². The fourth-order valence-corrected chi connectivity index (χ4v) is 1.79. The summed E-state index contributed by atoms with van der Waals surface area (Å²) < 4.78 is 4.84. The monoisotopic (exact) mass is 216 g/mol. The quantitative estimate of drug-likeness (QED) is 0.577. The molecule has 0 aliphatic rings. The van der Waals surface area contributed by atoms with Gasteiger partial charge in [0, 0.05) is 12.0 Å². The van der Waals surface area contributed by atoms with Gasteiger partial charge in [0.2, 0.25) is 0 Å². The summed E-state index contributed by atoms with van der Waals surface area (Å²) >= 11 is 1.69. The summed E-state index contributed by atoms with van der Waals surface area (Å²) in [5.41, 5.74) is 3.95. The smallest absolute Gasteiger partial charge is 0.109 e. The third-order valence-corrected chi connectivity index (χ3v) is 2.86. The molecule has 1 heterocycles. The fourth-order valence-electron chi connectivity index (χ4n) is 0.925. The molecule has 1 aromatic heterocycles. The van der Waals surface area contributed by atoms with Gasteiger partial charge in [-0.15, -0.1) is 11.3 Å². The second-order valence-electron chi connectivity index (χ2n) is 2.91. The number of hydrogen-bond donors (Lipinski definition) is 1. The average Bonchev–Trinajstić information content (AvgIpc) is 2.46. The summed E-state index contributed by atoms with van der Waals surface area (Å²) in [4.78, 5) is 10.8. The maximum Gasteiger partial charge on any atom is 0.109 e. The van der Waals surface area contributed by atoms with Gasteiger partial charge in [-0.05, 0) is 13.8 Å². The molecule has 0 aromatic carbocycles. The van der Waals surface area contributed by atoms with Gasteiger partial charge >= 0.3 is 0 Å². The van der Waals surface area contributed by atoms with Crippen molar-refractivity contribution in [1.82, 2.24) is 10.5 Å². The number of hydroxylamine groups is 1. The first-order valence-corrected chi connectivity index (χ1v) is 5.32. The number of ether oxygens (including phenoxy) is 1. The minimum absolute atomic E-state index is 0.555. The van der Waals surface area contributed by atoms with E-state index < -0.39 is 0 Å². The predicted octanol–water partition coefficient (Wildman–Crippen LogP) is 1.43. The van der Waals surface area contributed by atoms with E-state index in [0.717, 1.165) is 10.7 Å². The van der Waals surface area contributed by atoms with Gasteiger partial charge in [-0.25, -0.2) is 4.98 Å². The number of nitrogens with zero attached hydrogens (tertiary/aromatic N) is 1. The van der Waals surface area contributed by atoms with Crippen LogP contribution in [0.25, 0.3) is 0 Å². The summed E-state index contributed by atoms with van der Waals surface area (Å²) in [6, 6.07) is 0. The van der Waals surface area contributed by atoms with Gasteiger partial charge in [-0.3, -0.25) is 4.84 Å². The second kappa shape index (κ2) is 6.08. The van der Waals surface area contributed by atoms with E-state index in [9.17, 15) is 0 Å². The van der Waals surface area contributed by atoms with E-state index >= 15 is 0 Å². The van der Waals surface area contributed by atoms with Crippen molar-refractivity contribution in [3.05, 3.63) is 15.6 Å². The highest BCUT2D eigenvalue weighted by molar-refractivity contribution is 7.11.